The average molecular weight is 249 g/mol. The van der Waals surface area contributed by atoms with E-state index < -0.39 is 0 Å². The van der Waals surface area contributed by atoms with Crippen LogP contribution in [0.2, 0.25) is 0 Å². The zero-order chi connectivity index (χ0) is 13.4. The van der Waals surface area contributed by atoms with Crippen LogP contribution >= 0.6 is 0 Å². The highest BCUT2D eigenvalue weighted by molar-refractivity contribution is 5.97. The van der Waals surface area contributed by atoms with Crippen molar-refractivity contribution in [1.29, 1.82) is 0 Å². The summed E-state index contributed by atoms with van der Waals surface area (Å²) in [4.78, 5) is 11.7. The Balaban J connectivity index is 2.38. The number of rotatable bonds is 8. The molecule has 1 aromatic rings. The van der Waals surface area contributed by atoms with Crippen LogP contribution in [0.15, 0.2) is 24.3 Å². The van der Waals surface area contributed by atoms with Gasteiger partial charge in [0, 0.05) is 11.5 Å². The molecule has 0 aliphatic rings. The molecule has 0 aliphatic carbocycles. The second-order valence-corrected chi connectivity index (χ2v) is 4.60. The normalized spacial score (nSPS) is 10.7. The number of hydrogen-bond donors (Lipinski definition) is 1. The maximum Gasteiger partial charge on any atom is 0.165 e. The predicted molar refractivity (Wildman–Crippen MR) is 74.3 cm³/mol. The molecule has 0 bridgehead atoms. The molecule has 0 fully saturated rings. The summed E-state index contributed by atoms with van der Waals surface area (Å²) in [5, 5.41) is 3.25. The van der Waals surface area contributed by atoms with Gasteiger partial charge in [-0.15, -0.1) is 0 Å². The van der Waals surface area contributed by atoms with Crippen LogP contribution in [0.5, 0.6) is 5.75 Å². The predicted octanol–water partition coefficient (Wildman–Crippen LogP) is 2.90. The van der Waals surface area contributed by atoms with E-state index in [1.165, 1.54) is 0 Å². The second kappa shape index (κ2) is 7.88. The molecule has 18 heavy (non-hydrogen) atoms. The van der Waals surface area contributed by atoms with Crippen molar-refractivity contribution in [3.8, 4) is 5.75 Å². The van der Waals surface area contributed by atoms with Crippen molar-refractivity contribution in [1.82, 2.24) is 5.32 Å². The minimum atomic E-state index is 0.0388. The summed E-state index contributed by atoms with van der Waals surface area (Å²) < 4.78 is 5.60. The number of nitrogens with one attached hydrogen (secondary N) is 1. The summed E-state index contributed by atoms with van der Waals surface area (Å²) in [6.07, 6.45) is 0.987. The lowest BCUT2D eigenvalue weighted by Gasteiger charge is -2.08. The van der Waals surface area contributed by atoms with E-state index in [9.17, 15) is 4.79 Å². The zero-order valence-corrected chi connectivity index (χ0v) is 11.5. The first-order chi connectivity index (χ1) is 8.65. The summed E-state index contributed by atoms with van der Waals surface area (Å²) in [7, 11) is 0. The Hall–Kier alpha value is -1.35. The third kappa shape index (κ3) is 4.88. The Morgan fingerprint density at radius 3 is 2.50 bits per heavy atom. The lowest BCUT2D eigenvalue weighted by Crippen LogP contribution is -2.16. The monoisotopic (exact) mass is 249 g/mol. The number of carbonyl (C=O) groups excluding carboxylic acids is 1. The quantitative estimate of drug-likeness (QED) is 0.568. The smallest absolute Gasteiger partial charge is 0.165 e. The average Bonchev–Trinajstić information content (AvgIpc) is 2.38. The first kappa shape index (κ1) is 14.7. The number of ketones is 1. The molecule has 100 valence electrons. The molecule has 0 aromatic heterocycles. The number of Topliss-reactive ketones (excluding diaryl/α,β-unsaturated/α-hetero) is 1. The van der Waals surface area contributed by atoms with Crippen LogP contribution in [-0.4, -0.2) is 25.5 Å². The lowest BCUT2D eigenvalue weighted by molar-refractivity contribution is 0.0939. The van der Waals surface area contributed by atoms with Crippen LogP contribution in [0, 0.1) is 5.92 Å². The highest BCUT2D eigenvalue weighted by atomic mass is 16.5. The van der Waals surface area contributed by atoms with E-state index >= 15 is 0 Å². The zero-order valence-electron chi connectivity index (χ0n) is 11.5. The van der Waals surface area contributed by atoms with Crippen molar-refractivity contribution in [2.45, 2.75) is 27.2 Å². The van der Waals surface area contributed by atoms with Crippen LogP contribution < -0.4 is 10.1 Å². The summed E-state index contributed by atoms with van der Waals surface area (Å²) in [5.74, 6) is 1.04. The molecular formula is C15H23NO2. The standard InChI is InChI=1S/C15H23NO2/c1-4-16-10-5-11-18-14-8-6-13(7-9-14)15(17)12(2)3/h6-9,12,16H,4-5,10-11H2,1-3H3. The minimum Gasteiger partial charge on any atom is -0.494 e. The molecule has 1 aromatic carbocycles. The fraction of sp³-hybridized carbons (Fsp3) is 0.533. The van der Waals surface area contributed by atoms with E-state index in [2.05, 4.69) is 12.2 Å². The Bertz CT molecular complexity index is 357. The summed E-state index contributed by atoms with van der Waals surface area (Å²) >= 11 is 0. The molecule has 3 nitrogen and oxygen atoms in total. The third-order valence-electron chi connectivity index (χ3n) is 2.68. The van der Waals surface area contributed by atoms with Crippen molar-refractivity contribution >= 4 is 5.78 Å². The van der Waals surface area contributed by atoms with E-state index in [1.807, 2.05) is 38.1 Å². The van der Waals surface area contributed by atoms with Gasteiger partial charge in [0.05, 0.1) is 6.61 Å². The Morgan fingerprint density at radius 1 is 1.28 bits per heavy atom. The van der Waals surface area contributed by atoms with Gasteiger partial charge in [0.1, 0.15) is 5.75 Å². The van der Waals surface area contributed by atoms with Gasteiger partial charge in [-0.3, -0.25) is 4.79 Å². The molecule has 0 aliphatic heterocycles. The SMILES string of the molecule is CCNCCCOc1ccc(C(=O)C(C)C)cc1. The van der Waals surface area contributed by atoms with E-state index in [0.717, 1.165) is 30.8 Å². The third-order valence-corrected chi connectivity index (χ3v) is 2.68. The molecule has 0 spiro atoms. The molecule has 0 unspecified atom stereocenters. The number of ether oxygens (including phenoxy) is 1. The van der Waals surface area contributed by atoms with Crippen molar-refractivity contribution < 1.29 is 9.53 Å². The Labute approximate surface area is 110 Å². The Morgan fingerprint density at radius 2 is 1.94 bits per heavy atom. The van der Waals surface area contributed by atoms with Crippen molar-refractivity contribution in [3.05, 3.63) is 29.8 Å². The van der Waals surface area contributed by atoms with E-state index in [4.69, 9.17) is 4.74 Å². The molecule has 0 amide bonds. The molecule has 0 radical (unpaired) electrons. The van der Waals surface area contributed by atoms with Crippen LogP contribution in [0.25, 0.3) is 0 Å². The van der Waals surface area contributed by atoms with E-state index in [0.29, 0.717) is 6.61 Å². The van der Waals surface area contributed by atoms with Gasteiger partial charge < -0.3 is 10.1 Å². The van der Waals surface area contributed by atoms with Crippen molar-refractivity contribution in [2.75, 3.05) is 19.7 Å². The fourth-order valence-electron chi connectivity index (χ4n) is 1.61. The number of benzene rings is 1. The maximum atomic E-state index is 11.7. The molecule has 0 heterocycles. The molecule has 0 atom stereocenters. The maximum absolute atomic E-state index is 11.7. The highest BCUT2D eigenvalue weighted by Crippen LogP contribution is 2.15. The minimum absolute atomic E-state index is 0.0388. The van der Waals surface area contributed by atoms with Gasteiger partial charge in [-0.2, -0.15) is 0 Å². The fourth-order valence-corrected chi connectivity index (χ4v) is 1.61. The summed E-state index contributed by atoms with van der Waals surface area (Å²) in [5.41, 5.74) is 0.755. The highest BCUT2D eigenvalue weighted by Gasteiger charge is 2.09. The first-order valence-corrected chi connectivity index (χ1v) is 6.63. The van der Waals surface area contributed by atoms with Crippen LogP contribution in [-0.2, 0) is 0 Å². The molecule has 0 saturated heterocycles. The van der Waals surface area contributed by atoms with Gasteiger partial charge in [0.2, 0.25) is 0 Å². The van der Waals surface area contributed by atoms with Gasteiger partial charge >= 0.3 is 0 Å². The van der Waals surface area contributed by atoms with Gasteiger partial charge in [-0.25, -0.2) is 0 Å². The van der Waals surface area contributed by atoms with Crippen molar-refractivity contribution in [2.24, 2.45) is 5.92 Å². The number of hydrogen-bond acceptors (Lipinski definition) is 3. The molecule has 3 heteroatoms. The van der Waals surface area contributed by atoms with E-state index in [1.54, 1.807) is 0 Å². The largest absolute Gasteiger partial charge is 0.494 e. The van der Waals surface area contributed by atoms with Crippen molar-refractivity contribution in [3.63, 3.8) is 0 Å². The molecule has 0 saturated carbocycles. The van der Waals surface area contributed by atoms with Crippen LogP contribution in [0.1, 0.15) is 37.6 Å². The first-order valence-electron chi connectivity index (χ1n) is 6.63. The number of carbonyl (C=O) groups is 1. The van der Waals surface area contributed by atoms with Gasteiger partial charge in [-0.05, 0) is 43.8 Å². The second-order valence-electron chi connectivity index (χ2n) is 4.60. The van der Waals surface area contributed by atoms with Gasteiger partial charge in [0.25, 0.3) is 0 Å². The van der Waals surface area contributed by atoms with Gasteiger partial charge in [-0.1, -0.05) is 20.8 Å². The van der Waals surface area contributed by atoms with Gasteiger partial charge in [0.15, 0.2) is 5.78 Å². The summed E-state index contributed by atoms with van der Waals surface area (Å²) in [6.45, 7) is 8.57. The molecule has 1 N–H and O–H groups in total. The summed E-state index contributed by atoms with van der Waals surface area (Å²) in [6, 6.07) is 7.40. The topological polar surface area (TPSA) is 38.3 Å². The van der Waals surface area contributed by atoms with Crippen LogP contribution in [0.4, 0.5) is 0 Å². The molecule has 1 rings (SSSR count). The van der Waals surface area contributed by atoms with E-state index in [-0.39, 0.29) is 11.7 Å². The molecular weight excluding hydrogens is 226 g/mol. The Kier molecular flexibility index (Phi) is 6.44. The van der Waals surface area contributed by atoms with Crippen LogP contribution in [0.3, 0.4) is 0 Å². The lowest BCUT2D eigenvalue weighted by atomic mass is 10.0.